The number of carbonyl (C=O) groups is 1. The fourth-order valence-electron chi connectivity index (χ4n) is 2.57. The van der Waals surface area contributed by atoms with Gasteiger partial charge in [-0.05, 0) is 44.2 Å². The first-order valence-corrected chi connectivity index (χ1v) is 9.61. The number of nitrogens with zero attached hydrogens (tertiary/aromatic N) is 5. The van der Waals surface area contributed by atoms with Crippen molar-refractivity contribution in [2.45, 2.75) is 20.4 Å². The molecule has 0 saturated carbocycles. The number of nitrogens with one attached hydrogen (secondary N) is 1. The average Bonchev–Trinajstić information content (AvgIpc) is 3.40. The lowest BCUT2D eigenvalue weighted by Gasteiger charge is -1.99. The molecule has 0 atom stereocenters. The Balaban J connectivity index is 1.41. The van der Waals surface area contributed by atoms with E-state index in [4.69, 9.17) is 16.1 Å². The van der Waals surface area contributed by atoms with Crippen LogP contribution in [0.4, 0.5) is 0 Å². The average molecular weight is 415 g/mol. The van der Waals surface area contributed by atoms with Crippen LogP contribution >= 0.6 is 22.9 Å². The summed E-state index contributed by atoms with van der Waals surface area (Å²) in [6.07, 6.45) is 0. The van der Waals surface area contributed by atoms with E-state index in [1.165, 1.54) is 11.3 Å². The van der Waals surface area contributed by atoms with Crippen molar-refractivity contribution < 1.29 is 9.32 Å². The Bertz CT molecular complexity index is 1130. The van der Waals surface area contributed by atoms with Crippen molar-refractivity contribution in [1.29, 1.82) is 0 Å². The quantitative estimate of drug-likeness (QED) is 0.536. The molecular formula is C18H15ClN6O2S. The van der Waals surface area contributed by atoms with Crippen molar-refractivity contribution in [1.82, 2.24) is 30.2 Å². The van der Waals surface area contributed by atoms with E-state index in [1.807, 2.05) is 19.9 Å². The summed E-state index contributed by atoms with van der Waals surface area (Å²) < 4.78 is 6.94. The Morgan fingerprint density at radius 3 is 2.75 bits per heavy atom. The van der Waals surface area contributed by atoms with E-state index >= 15 is 0 Å². The van der Waals surface area contributed by atoms with Gasteiger partial charge in [-0.2, -0.15) is 10.1 Å². The Hall–Kier alpha value is -3.04. The zero-order valence-electron chi connectivity index (χ0n) is 15.0. The number of halogens is 1. The Morgan fingerprint density at radius 1 is 1.25 bits per heavy atom. The van der Waals surface area contributed by atoms with Crippen molar-refractivity contribution in [3.05, 3.63) is 63.6 Å². The maximum Gasteiger partial charge on any atom is 0.271 e. The number of aromatic nitrogens is 5. The van der Waals surface area contributed by atoms with Gasteiger partial charge in [0.2, 0.25) is 5.13 Å². The summed E-state index contributed by atoms with van der Waals surface area (Å²) in [6.45, 7) is 3.98. The normalized spacial score (nSPS) is 11.0. The SMILES string of the molecule is Cc1cc(C)n(-c2nc(C(=O)NCc3noc(-c4ccc(Cl)cc4)n3)cs2)n1. The predicted octanol–water partition coefficient (Wildman–Crippen LogP) is 3.58. The van der Waals surface area contributed by atoms with Crippen molar-refractivity contribution in [2.75, 3.05) is 0 Å². The van der Waals surface area contributed by atoms with Gasteiger partial charge in [0.1, 0.15) is 5.69 Å². The van der Waals surface area contributed by atoms with Crippen LogP contribution in [-0.4, -0.2) is 30.8 Å². The maximum atomic E-state index is 12.4. The topological polar surface area (TPSA) is 98.7 Å². The van der Waals surface area contributed by atoms with Gasteiger partial charge in [0, 0.05) is 21.7 Å². The fraction of sp³-hybridized carbons (Fsp3) is 0.167. The van der Waals surface area contributed by atoms with Gasteiger partial charge < -0.3 is 9.84 Å². The number of amides is 1. The Labute approximate surface area is 169 Å². The molecule has 142 valence electrons. The van der Waals surface area contributed by atoms with Gasteiger partial charge in [-0.25, -0.2) is 9.67 Å². The summed E-state index contributed by atoms with van der Waals surface area (Å²) in [7, 11) is 0. The third-order valence-electron chi connectivity index (χ3n) is 3.88. The standard InChI is InChI=1S/C18H15ClN6O2S/c1-10-7-11(2)25(23-10)18-21-14(9-28-18)16(26)20-8-15-22-17(27-24-15)12-3-5-13(19)6-4-12/h3-7,9H,8H2,1-2H3,(H,20,26). The summed E-state index contributed by atoms with van der Waals surface area (Å²) in [6, 6.07) is 9.01. The Morgan fingerprint density at radius 2 is 2.04 bits per heavy atom. The summed E-state index contributed by atoms with van der Waals surface area (Å²) >= 11 is 7.22. The zero-order chi connectivity index (χ0) is 19.7. The number of aryl methyl sites for hydroxylation is 2. The van der Waals surface area contributed by atoms with Crippen LogP contribution in [0, 0.1) is 13.8 Å². The minimum absolute atomic E-state index is 0.128. The highest BCUT2D eigenvalue weighted by atomic mass is 35.5. The summed E-state index contributed by atoms with van der Waals surface area (Å²) in [5, 5.41) is 14.0. The van der Waals surface area contributed by atoms with Gasteiger partial charge in [0.15, 0.2) is 5.82 Å². The first kappa shape index (κ1) is 18.3. The second-order valence-corrected chi connectivity index (χ2v) is 7.33. The lowest BCUT2D eigenvalue weighted by atomic mass is 10.2. The molecule has 0 saturated heterocycles. The van der Waals surface area contributed by atoms with Gasteiger partial charge in [-0.15, -0.1) is 11.3 Å². The monoisotopic (exact) mass is 414 g/mol. The molecule has 1 amide bonds. The molecule has 0 aliphatic heterocycles. The smallest absolute Gasteiger partial charge is 0.271 e. The second-order valence-electron chi connectivity index (χ2n) is 6.06. The minimum Gasteiger partial charge on any atom is -0.343 e. The number of hydrogen-bond acceptors (Lipinski definition) is 7. The van der Waals surface area contributed by atoms with Crippen molar-refractivity contribution >= 4 is 28.8 Å². The van der Waals surface area contributed by atoms with Crippen molar-refractivity contribution in [2.24, 2.45) is 0 Å². The predicted molar refractivity (Wildman–Crippen MR) is 105 cm³/mol. The molecule has 0 radical (unpaired) electrons. The summed E-state index contributed by atoms with van der Waals surface area (Å²) in [5.74, 6) is 0.413. The van der Waals surface area contributed by atoms with Crippen molar-refractivity contribution in [3.63, 3.8) is 0 Å². The minimum atomic E-state index is -0.318. The van der Waals surface area contributed by atoms with Gasteiger partial charge in [0.25, 0.3) is 11.8 Å². The number of hydrogen-bond donors (Lipinski definition) is 1. The second kappa shape index (κ2) is 7.53. The highest BCUT2D eigenvalue weighted by Gasteiger charge is 2.15. The van der Waals surface area contributed by atoms with Crippen LogP contribution in [0.25, 0.3) is 16.6 Å². The number of benzene rings is 1. The van der Waals surface area contributed by atoms with Gasteiger partial charge >= 0.3 is 0 Å². The summed E-state index contributed by atoms with van der Waals surface area (Å²) in [5.41, 5.74) is 2.92. The molecule has 0 spiro atoms. The number of carbonyl (C=O) groups excluding carboxylic acids is 1. The van der Waals surface area contributed by atoms with E-state index in [2.05, 4.69) is 25.5 Å². The van der Waals surface area contributed by atoms with Crippen LogP contribution in [0.2, 0.25) is 5.02 Å². The lowest BCUT2D eigenvalue weighted by molar-refractivity contribution is 0.0945. The van der Waals surface area contributed by atoms with E-state index in [0.717, 1.165) is 17.0 Å². The van der Waals surface area contributed by atoms with E-state index in [9.17, 15) is 4.79 Å². The molecule has 4 aromatic rings. The van der Waals surface area contributed by atoms with Crippen LogP contribution in [0.5, 0.6) is 0 Å². The largest absolute Gasteiger partial charge is 0.343 e. The molecule has 28 heavy (non-hydrogen) atoms. The molecular weight excluding hydrogens is 400 g/mol. The van der Waals surface area contributed by atoms with Crippen molar-refractivity contribution in [3.8, 4) is 16.6 Å². The molecule has 1 N–H and O–H groups in total. The lowest BCUT2D eigenvalue weighted by Crippen LogP contribution is -2.23. The summed E-state index contributed by atoms with van der Waals surface area (Å²) in [4.78, 5) is 21.0. The highest BCUT2D eigenvalue weighted by molar-refractivity contribution is 7.12. The van der Waals surface area contributed by atoms with Crippen LogP contribution in [0.15, 0.2) is 40.2 Å². The van der Waals surface area contributed by atoms with Gasteiger partial charge in [-0.1, -0.05) is 16.8 Å². The van der Waals surface area contributed by atoms with Gasteiger partial charge in [0.05, 0.1) is 12.2 Å². The number of rotatable bonds is 5. The molecule has 4 rings (SSSR count). The first-order chi connectivity index (χ1) is 13.5. The highest BCUT2D eigenvalue weighted by Crippen LogP contribution is 2.20. The van der Waals surface area contributed by atoms with Crippen LogP contribution in [0.1, 0.15) is 27.7 Å². The van der Waals surface area contributed by atoms with Crippen LogP contribution < -0.4 is 5.32 Å². The van der Waals surface area contributed by atoms with E-state index in [1.54, 1.807) is 34.3 Å². The van der Waals surface area contributed by atoms with E-state index in [-0.39, 0.29) is 12.5 Å². The molecule has 10 heteroatoms. The molecule has 3 aromatic heterocycles. The van der Waals surface area contributed by atoms with Gasteiger partial charge in [-0.3, -0.25) is 4.79 Å². The molecule has 8 nitrogen and oxygen atoms in total. The molecule has 0 fully saturated rings. The van der Waals surface area contributed by atoms with Crippen LogP contribution in [-0.2, 0) is 6.54 Å². The Kier molecular flexibility index (Phi) is 4.93. The molecule has 0 bridgehead atoms. The fourth-order valence-corrected chi connectivity index (χ4v) is 3.51. The molecule has 1 aromatic carbocycles. The third-order valence-corrected chi connectivity index (χ3v) is 4.95. The molecule has 0 aliphatic carbocycles. The molecule has 3 heterocycles. The van der Waals surface area contributed by atoms with E-state index in [0.29, 0.717) is 27.6 Å². The zero-order valence-corrected chi connectivity index (χ0v) is 16.6. The molecule has 0 aliphatic rings. The van der Waals surface area contributed by atoms with Crippen LogP contribution in [0.3, 0.4) is 0 Å². The first-order valence-electron chi connectivity index (χ1n) is 8.35. The maximum absolute atomic E-state index is 12.4. The third kappa shape index (κ3) is 3.80. The van der Waals surface area contributed by atoms with E-state index < -0.39 is 0 Å². The number of thiazole rings is 1. The molecule has 0 unspecified atom stereocenters.